The lowest BCUT2D eigenvalue weighted by molar-refractivity contribution is 0.310. The van der Waals surface area contributed by atoms with Crippen LogP contribution < -0.4 is 21.7 Å². The second-order valence-electron chi connectivity index (χ2n) is 14.9. The fraction of sp³-hybridized carbons (Fsp3) is 0.273. The standard InChI is InChI=1S/C24H28N6O.C20H21N5O/c1-16-22(17(2)31-27-16)19-13-20(25)23-21(14-19)30(15-18-7-5-4-6-8-18)24(26-23)29-11-9-28(3)10-12-29;1-12-19(13(2)26-24-12)23-16-9-17(21)20-18(10-16)25(14(3)22-20)11-15-7-5-4-6-8-15/h4-8,13-14H,9-12,15,25H2,1-3H3;4-10,23H,11,21H2,1-3H3. The van der Waals surface area contributed by atoms with Gasteiger partial charge in [-0.05, 0) is 82.6 Å². The Kier molecular flexibility index (Phi) is 10.2. The average Bonchev–Trinajstić information content (AvgIpc) is 3.93. The average molecular weight is 764 g/mol. The molecule has 292 valence electrons. The van der Waals surface area contributed by atoms with Crippen molar-refractivity contribution in [2.75, 3.05) is 54.9 Å². The number of hydrogen-bond donors (Lipinski definition) is 3. The number of anilines is 5. The molecule has 9 rings (SSSR count). The quantitative estimate of drug-likeness (QED) is 0.129. The first-order valence-electron chi connectivity index (χ1n) is 19.2. The van der Waals surface area contributed by atoms with Crippen molar-refractivity contribution >= 4 is 50.8 Å². The number of nitrogens with one attached hydrogen (secondary N) is 1. The summed E-state index contributed by atoms with van der Waals surface area (Å²) in [5, 5.41) is 11.5. The zero-order valence-corrected chi connectivity index (χ0v) is 33.4. The van der Waals surface area contributed by atoms with E-state index in [0.717, 1.165) is 119 Å². The lowest BCUT2D eigenvalue weighted by atomic mass is 10.0. The van der Waals surface area contributed by atoms with Gasteiger partial charge in [0.05, 0.1) is 34.6 Å². The van der Waals surface area contributed by atoms with Crippen LogP contribution >= 0.6 is 0 Å². The molecule has 0 amide bonds. The molecule has 5 heterocycles. The summed E-state index contributed by atoms with van der Waals surface area (Å²) in [6.07, 6.45) is 0. The van der Waals surface area contributed by atoms with Gasteiger partial charge in [0.2, 0.25) is 5.95 Å². The van der Waals surface area contributed by atoms with Gasteiger partial charge >= 0.3 is 0 Å². The van der Waals surface area contributed by atoms with Crippen molar-refractivity contribution in [1.82, 2.24) is 34.3 Å². The van der Waals surface area contributed by atoms with Gasteiger partial charge in [-0.3, -0.25) is 0 Å². The van der Waals surface area contributed by atoms with E-state index in [0.29, 0.717) is 11.4 Å². The van der Waals surface area contributed by atoms with Crippen molar-refractivity contribution in [3.05, 3.63) is 125 Å². The van der Waals surface area contributed by atoms with Gasteiger partial charge in [0.15, 0.2) is 5.76 Å². The van der Waals surface area contributed by atoms with E-state index in [1.165, 1.54) is 11.1 Å². The monoisotopic (exact) mass is 763 g/mol. The molecule has 0 atom stereocenters. The molecule has 1 fully saturated rings. The zero-order chi connectivity index (χ0) is 39.8. The number of benzene rings is 4. The number of nitrogen functional groups attached to an aromatic ring is 2. The first kappa shape index (κ1) is 37.3. The highest BCUT2D eigenvalue weighted by molar-refractivity contribution is 5.95. The topological polar surface area (TPSA) is 158 Å². The molecule has 1 aliphatic rings. The van der Waals surface area contributed by atoms with E-state index in [1.54, 1.807) is 0 Å². The van der Waals surface area contributed by atoms with Crippen LogP contribution in [0.15, 0.2) is 94.0 Å². The van der Waals surface area contributed by atoms with E-state index in [9.17, 15) is 0 Å². The van der Waals surface area contributed by atoms with Crippen LogP contribution in [0.25, 0.3) is 33.2 Å². The van der Waals surface area contributed by atoms with Crippen LogP contribution in [0.1, 0.15) is 39.9 Å². The highest BCUT2D eigenvalue weighted by Crippen LogP contribution is 2.36. The molecule has 4 aromatic heterocycles. The Morgan fingerprint density at radius 3 is 1.84 bits per heavy atom. The number of likely N-dealkylation sites (N-methyl/N-ethyl adjacent to an activating group) is 1. The number of aromatic nitrogens is 6. The fourth-order valence-corrected chi connectivity index (χ4v) is 7.65. The van der Waals surface area contributed by atoms with Crippen LogP contribution in [0.4, 0.5) is 28.7 Å². The summed E-state index contributed by atoms with van der Waals surface area (Å²) in [6.45, 7) is 15.1. The molecule has 13 heteroatoms. The van der Waals surface area contributed by atoms with Crippen molar-refractivity contribution in [2.24, 2.45) is 0 Å². The van der Waals surface area contributed by atoms with E-state index >= 15 is 0 Å². The van der Waals surface area contributed by atoms with Gasteiger partial charge in [0.25, 0.3) is 0 Å². The summed E-state index contributed by atoms with van der Waals surface area (Å²) in [7, 11) is 2.16. The Morgan fingerprint density at radius 2 is 1.23 bits per heavy atom. The molecular formula is C44H49N11O2. The summed E-state index contributed by atoms with van der Waals surface area (Å²) in [4.78, 5) is 14.4. The number of nitrogens with two attached hydrogens (primary N) is 2. The number of fused-ring (bicyclic) bond motifs is 2. The van der Waals surface area contributed by atoms with Gasteiger partial charge in [-0.25, -0.2) is 9.97 Å². The summed E-state index contributed by atoms with van der Waals surface area (Å²) in [6, 6.07) is 29.0. The third-order valence-corrected chi connectivity index (χ3v) is 10.7. The number of imidazole rings is 2. The van der Waals surface area contributed by atoms with Crippen LogP contribution in [-0.2, 0) is 13.1 Å². The minimum absolute atomic E-state index is 0.645. The van der Waals surface area contributed by atoms with E-state index in [1.807, 2.05) is 71.0 Å². The van der Waals surface area contributed by atoms with Gasteiger partial charge in [-0.2, -0.15) is 0 Å². The van der Waals surface area contributed by atoms with Gasteiger partial charge in [0.1, 0.15) is 34.0 Å². The van der Waals surface area contributed by atoms with Crippen LogP contribution in [0.3, 0.4) is 0 Å². The maximum absolute atomic E-state index is 6.54. The minimum atomic E-state index is 0.645. The van der Waals surface area contributed by atoms with Crippen LogP contribution in [0.5, 0.6) is 0 Å². The first-order chi connectivity index (χ1) is 27.5. The molecular weight excluding hydrogens is 715 g/mol. The number of aryl methyl sites for hydroxylation is 5. The van der Waals surface area contributed by atoms with Crippen molar-refractivity contribution in [2.45, 2.75) is 47.7 Å². The molecule has 4 aromatic carbocycles. The summed E-state index contributed by atoms with van der Waals surface area (Å²) in [5.41, 5.74) is 25.8. The van der Waals surface area contributed by atoms with Crippen LogP contribution in [0, 0.1) is 34.6 Å². The Bertz CT molecular complexity index is 2630. The molecule has 5 N–H and O–H groups in total. The Hall–Kier alpha value is -6.60. The second kappa shape index (κ2) is 15.5. The highest BCUT2D eigenvalue weighted by Gasteiger charge is 2.24. The molecule has 8 aromatic rings. The van der Waals surface area contributed by atoms with E-state index in [2.05, 4.69) is 95.1 Å². The fourth-order valence-electron chi connectivity index (χ4n) is 7.65. The van der Waals surface area contributed by atoms with E-state index in [-0.39, 0.29) is 0 Å². The SMILES string of the molecule is Cc1noc(C)c1-c1cc(N)c2nc(N3CCN(C)CC3)n(Cc3ccccc3)c2c1.Cc1noc(C)c1Nc1cc(N)c2nc(C)n(Cc3ccccc3)c2c1. The molecule has 0 unspecified atom stereocenters. The molecule has 57 heavy (non-hydrogen) atoms. The smallest absolute Gasteiger partial charge is 0.207 e. The lowest BCUT2D eigenvalue weighted by Gasteiger charge is -2.33. The molecule has 0 spiro atoms. The molecule has 0 aliphatic carbocycles. The number of rotatable bonds is 8. The van der Waals surface area contributed by atoms with Crippen molar-refractivity contribution in [1.29, 1.82) is 0 Å². The minimum Gasteiger partial charge on any atom is -0.397 e. The molecule has 0 bridgehead atoms. The Balaban J connectivity index is 0.000000162. The predicted molar refractivity (Wildman–Crippen MR) is 228 cm³/mol. The highest BCUT2D eigenvalue weighted by atomic mass is 16.5. The van der Waals surface area contributed by atoms with Gasteiger partial charge in [-0.15, -0.1) is 0 Å². The molecule has 0 saturated carbocycles. The molecule has 13 nitrogen and oxygen atoms in total. The summed E-state index contributed by atoms with van der Waals surface area (Å²) >= 11 is 0. The van der Waals surface area contributed by atoms with Crippen LogP contribution in [0.2, 0.25) is 0 Å². The maximum Gasteiger partial charge on any atom is 0.207 e. The van der Waals surface area contributed by atoms with E-state index in [4.69, 9.17) is 25.5 Å². The number of piperazine rings is 1. The van der Waals surface area contributed by atoms with Crippen molar-refractivity contribution < 1.29 is 9.05 Å². The third kappa shape index (κ3) is 7.53. The van der Waals surface area contributed by atoms with Gasteiger partial charge in [-0.1, -0.05) is 71.0 Å². The summed E-state index contributed by atoms with van der Waals surface area (Å²) in [5.74, 6) is 3.46. The lowest BCUT2D eigenvalue weighted by Crippen LogP contribution is -2.45. The zero-order valence-electron chi connectivity index (χ0n) is 33.4. The normalized spacial score (nSPS) is 13.3. The Labute approximate surface area is 331 Å². The second-order valence-corrected chi connectivity index (χ2v) is 14.9. The van der Waals surface area contributed by atoms with E-state index < -0.39 is 0 Å². The largest absolute Gasteiger partial charge is 0.397 e. The third-order valence-electron chi connectivity index (χ3n) is 10.7. The van der Waals surface area contributed by atoms with Crippen molar-refractivity contribution in [3.63, 3.8) is 0 Å². The first-order valence-corrected chi connectivity index (χ1v) is 19.2. The van der Waals surface area contributed by atoms with Crippen molar-refractivity contribution in [3.8, 4) is 11.1 Å². The molecule has 1 saturated heterocycles. The number of nitrogens with zero attached hydrogens (tertiary/aromatic N) is 8. The molecule has 0 radical (unpaired) electrons. The molecule has 1 aliphatic heterocycles. The van der Waals surface area contributed by atoms with Gasteiger partial charge < -0.3 is 44.8 Å². The number of hydrogen-bond acceptors (Lipinski definition) is 11. The summed E-state index contributed by atoms with van der Waals surface area (Å²) < 4.78 is 15.1. The predicted octanol–water partition coefficient (Wildman–Crippen LogP) is 8.01. The Morgan fingerprint density at radius 1 is 0.649 bits per heavy atom. The van der Waals surface area contributed by atoms with Gasteiger partial charge in [0, 0.05) is 44.0 Å². The van der Waals surface area contributed by atoms with Crippen LogP contribution in [-0.4, -0.2) is 67.5 Å². The maximum atomic E-state index is 6.54.